The van der Waals surface area contributed by atoms with E-state index in [9.17, 15) is 17.6 Å². The van der Waals surface area contributed by atoms with Crippen molar-refractivity contribution in [3.05, 3.63) is 24.0 Å². The zero-order chi connectivity index (χ0) is 12.3. The number of benzene rings is 1. The molecule has 0 atom stereocenters. The lowest BCUT2D eigenvalue weighted by Crippen LogP contribution is -2.24. The second-order valence-electron chi connectivity index (χ2n) is 3.49. The van der Waals surface area contributed by atoms with E-state index in [0.717, 1.165) is 12.1 Å². The molecule has 0 saturated heterocycles. The second kappa shape index (κ2) is 4.59. The van der Waals surface area contributed by atoms with Gasteiger partial charge in [0.25, 0.3) is 0 Å². The van der Waals surface area contributed by atoms with E-state index in [2.05, 4.69) is 0 Å². The highest BCUT2D eigenvalue weighted by Gasteiger charge is 2.27. The quantitative estimate of drug-likeness (QED) is 0.646. The van der Waals surface area contributed by atoms with Gasteiger partial charge in [-0.3, -0.25) is 0 Å². The monoisotopic (exact) mass is 236 g/mol. The third-order valence-electron chi connectivity index (χ3n) is 2.13. The molecule has 90 valence electrons. The first-order chi connectivity index (χ1) is 7.29. The molecule has 2 N–H and O–H groups in total. The molecule has 0 aromatic heterocycles. The second-order valence-corrected chi connectivity index (χ2v) is 3.49. The standard InChI is InChI=1S/C10H12F4N2/c1-16(5-4-10(12,13)14)9-6-7(11)2-3-8(9)15/h2-3,6H,4-5,15H2,1H3. The topological polar surface area (TPSA) is 29.3 Å². The average Bonchev–Trinajstić information content (AvgIpc) is 2.17. The van der Waals surface area contributed by atoms with Crippen LogP contribution in [0.4, 0.5) is 28.9 Å². The van der Waals surface area contributed by atoms with Crippen LogP contribution in [0, 0.1) is 5.82 Å². The number of alkyl halides is 3. The molecule has 0 unspecified atom stereocenters. The van der Waals surface area contributed by atoms with E-state index in [0.29, 0.717) is 0 Å². The maximum Gasteiger partial charge on any atom is 0.390 e. The van der Waals surface area contributed by atoms with E-state index < -0.39 is 18.4 Å². The molecule has 0 fully saturated rings. The highest BCUT2D eigenvalue weighted by molar-refractivity contribution is 5.67. The number of nitrogens with two attached hydrogens (primary N) is 1. The first kappa shape index (κ1) is 12.6. The highest BCUT2D eigenvalue weighted by Crippen LogP contribution is 2.25. The molecule has 0 spiro atoms. The summed E-state index contributed by atoms with van der Waals surface area (Å²) in [4.78, 5) is 1.28. The van der Waals surface area contributed by atoms with Crippen molar-refractivity contribution in [2.75, 3.05) is 24.2 Å². The minimum Gasteiger partial charge on any atom is -0.397 e. The van der Waals surface area contributed by atoms with Gasteiger partial charge in [0.1, 0.15) is 5.82 Å². The van der Waals surface area contributed by atoms with Crippen LogP contribution < -0.4 is 10.6 Å². The summed E-state index contributed by atoms with van der Waals surface area (Å²) >= 11 is 0. The van der Waals surface area contributed by atoms with Crippen molar-refractivity contribution in [2.45, 2.75) is 12.6 Å². The van der Waals surface area contributed by atoms with Gasteiger partial charge in [-0.05, 0) is 18.2 Å². The van der Waals surface area contributed by atoms with Gasteiger partial charge >= 0.3 is 6.18 Å². The molecule has 2 nitrogen and oxygen atoms in total. The van der Waals surface area contributed by atoms with Crippen molar-refractivity contribution in [3.8, 4) is 0 Å². The van der Waals surface area contributed by atoms with Crippen LogP contribution in [-0.2, 0) is 0 Å². The summed E-state index contributed by atoms with van der Waals surface area (Å²) in [5.74, 6) is -0.525. The van der Waals surface area contributed by atoms with Crippen molar-refractivity contribution in [3.63, 3.8) is 0 Å². The minimum atomic E-state index is -4.23. The summed E-state index contributed by atoms with van der Waals surface area (Å²) in [5, 5.41) is 0. The molecule has 0 heterocycles. The smallest absolute Gasteiger partial charge is 0.390 e. The SMILES string of the molecule is CN(CCC(F)(F)F)c1cc(F)ccc1N. The van der Waals surface area contributed by atoms with Crippen molar-refractivity contribution in [1.82, 2.24) is 0 Å². The van der Waals surface area contributed by atoms with Crippen LogP contribution in [0.3, 0.4) is 0 Å². The van der Waals surface area contributed by atoms with E-state index in [1.807, 2.05) is 0 Å². The zero-order valence-corrected chi connectivity index (χ0v) is 8.68. The van der Waals surface area contributed by atoms with Crippen LogP contribution in [0.5, 0.6) is 0 Å². The third-order valence-corrected chi connectivity index (χ3v) is 2.13. The van der Waals surface area contributed by atoms with Crippen LogP contribution in [0.15, 0.2) is 18.2 Å². The Labute approximate surface area is 90.7 Å². The van der Waals surface area contributed by atoms with Crippen LogP contribution in [-0.4, -0.2) is 19.8 Å². The number of halogens is 4. The number of rotatable bonds is 3. The summed E-state index contributed by atoms with van der Waals surface area (Å²) in [6.07, 6.45) is -5.18. The summed E-state index contributed by atoms with van der Waals surface area (Å²) < 4.78 is 48.8. The number of hydrogen-bond acceptors (Lipinski definition) is 2. The molecule has 0 amide bonds. The van der Waals surface area contributed by atoms with Gasteiger partial charge in [-0.2, -0.15) is 13.2 Å². The highest BCUT2D eigenvalue weighted by atomic mass is 19.4. The maximum absolute atomic E-state index is 12.9. The molecular weight excluding hydrogens is 224 g/mol. The predicted octanol–water partition coefficient (Wildman–Crippen LogP) is 2.80. The Bertz CT molecular complexity index is 362. The fraction of sp³-hybridized carbons (Fsp3) is 0.400. The molecule has 0 radical (unpaired) electrons. The molecule has 1 aromatic carbocycles. The fourth-order valence-corrected chi connectivity index (χ4v) is 1.26. The molecule has 0 bridgehead atoms. The predicted molar refractivity (Wildman–Crippen MR) is 54.8 cm³/mol. The summed E-state index contributed by atoms with van der Waals surface area (Å²) in [6, 6.07) is 3.61. The number of nitrogens with zero attached hydrogens (tertiary/aromatic N) is 1. The summed E-state index contributed by atoms with van der Waals surface area (Å²) in [7, 11) is 1.44. The van der Waals surface area contributed by atoms with E-state index in [4.69, 9.17) is 5.73 Å². The first-order valence-electron chi connectivity index (χ1n) is 4.62. The number of anilines is 2. The normalized spacial score (nSPS) is 11.6. The molecular formula is C10H12F4N2. The molecule has 0 aliphatic heterocycles. The first-order valence-corrected chi connectivity index (χ1v) is 4.62. The van der Waals surface area contributed by atoms with E-state index in [1.54, 1.807) is 0 Å². The Hall–Kier alpha value is -1.46. The largest absolute Gasteiger partial charge is 0.397 e. The van der Waals surface area contributed by atoms with E-state index >= 15 is 0 Å². The number of hydrogen-bond donors (Lipinski definition) is 1. The van der Waals surface area contributed by atoms with Crippen molar-refractivity contribution in [1.29, 1.82) is 0 Å². The Morgan fingerprint density at radius 3 is 2.50 bits per heavy atom. The van der Waals surface area contributed by atoms with Gasteiger partial charge in [0.2, 0.25) is 0 Å². The van der Waals surface area contributed by atoms with Crippen molar-refractivity contribution < 1.29 is 17.6 Å². The zero-order valence-electron chi connectivity index (χ0n) is 8.68. The van der Waals surface area contributed by atoms with Gasteiger partial charge in [-0.25, -0.2) is 4.39 Å². The molecule has 0 aliphatic rings. The van der Waals surface area contributed by atoms with Crippen LogP contribution >= 0.6 is 0 Å². The Morgan fingerprint density at radius 1 is 1.31 bits per heavy atom. The summed E-state index contributed by atoms with van der Waals surface area (Å²) in [5.41, 5.74) is 6.06. The van der Waals surface area contributed by atoms with E-state index in [1.165, 1.54) is 18.0 Å². The molecule has 1 rings (SSSR count). The lowest BCUT2D eigenvalue weighted by molar-refractivity contribution is -0.132. The molecule has 0 aliphatic carbocycles. The average molecular weight is 236 g/mol. The Morgan fingerprint density at radius 2 is 1.94 bits per heavy atom. The van der Waals surface area contributed by atoms with Gasteiger partial charge in [0, 0.05) is 13.6 Å². The van der Waals surface area contributed by atoms with Gasteiger partial charge in [-0.15, -0.1) is 0 Å². The molecule has 0 saturated carbocycles. The molecule has 1 aromatic rings. The van der Waals surface area contributed by atoms with Gasteiger partial charge in [0.15, 0.2) is 0 Å². The molecule has 16 heavy (non-hydrogen) atoms. The van der Waals surface area contributed by atoms with Crippen molar-refractivity contribution in [2.24, 2.45) is 0 Å². The number of nitrogen functional groups attached to an aromatic ring is 1. The van der Waals surface area contributed by atoms with Crippen molar-refractivity contribution >= 4 is 11.4 Å². The Balaban J connectivity index is 2.73. The Kier molecular flexibility index (Phi) is 3.62. The lowest BCUT2D eigenvalue weighted by Gasteiger charge is -2.21. The van der Waals surface area contributed by atoms with Crippen LogP contribution in [0.2, 0.25) is 0 Å². The van der Waals surface area contributed by atoms with Gasteiger partial charge in [-0.1, -0.05) is 0 Å². The molecule has 6 heteroatoms. The lowest BCUT2D eigenvalue weighted by atomic mass is 10.2. The van der Waals surface area contributed by atoms with E-state index in [-0.39, 0.29) is 17.9 Å². The summed E-state index contributed by atoms with van der Waals surface area (Å²) in [6.45, 7) is -0.253. The fourth-order valence-electron chi connectivity index (χ4n) is 1.26. The van der Waals surface area contributed by atoms with Crippen LogP contribution in [0.1, 0.15) is 6.42 Å². The minimum absolute atomic E-state index is 0.253. The van der Waals surface area contributed by atoms with Gasteiger partial charge in [0.05, 0.1) is 17.8 Å². The third kappa shape index (κ3) is 3.60. The maximum atomic E-state index is 12.9. The van der Waals surface area contributed by atoms with Gasteiger partial charge < -0.3 is 10.6 Å². The van der Waals surface area contributed by atoms with Crippen LogP contribution in [0.25, 0.3) is 0 Å².